The molecular formula is C20H15N2O4PS2. The molecule has 2 heterocycles. The molecule has 1 aromatic heterocycles. The summed E-state index contributed by atoms with van der Waals surface area (Å²) in [7, 11) is 1.57. The number of benzene rings is 2. The summed E-state index contributed by atoms with van der Waals surface area (Å²) in [4.78, 5) is 25.7. The molecule has 1 aliphatic rings. The van der Waals surface area contributed by atoms with Gasteiger partial charge in [0.25, 0.3) is 5.91 Å². The molecule has 6 nitrogen and oxygen atoms in total. The molecule has 1 unspecified atom stereocenters. The first-order valence-corrected chi connectivity index (χ1v) is 11.7. The van der Waals surface area contributed by atoms with E-state index >= 15 is 0 Å². The van der Waals surface area contributed by atoms with Gasteiger partial charge < -0.3 is 19.3 Å². The van der Waals surface area contributed by atoms with Crippen LogP contribution in [0.4, 0.5) is 0 Å². The first kappa shape index (κ1) is 19.5. The quantitative estimate of drug-likeness (QED) is 0.367. The van der Waals surface area contributed by atoms with E-state index in [9.17, 15) is 9.59 Å². The van der Waals surface area contributed by atoms with Crippen LogP contribution >= 0.6 is 18.6 Å². The van der Waals surface area contributed by atoms with E-state index in [1.165, 1.54) is 12.3 Å². The molecule has 1 saturated heterocycles. The van der Waals surface area contributed by atoms with E-state index in [-0.39, 0.29) is 21.6 Å². The summed E-state index contributed by atoms with van der Waals surface area (Å²) in [5.74, 6) is 0.255. The minimum absolute atomic E-state index is 0.163. The molecule has 0 radical (unpaired) electrons. The molecule has 3 aromatic rings. The second-order valence-corrected chi connectivity index (χ2v) is 10.5. The highest BCUT2D eigenvalue weighted by molar-refractivity contribution is 8.17. The van der Waals surface area contributed by atoms with Gasteiger partial charge in [-0.2, -0.15) is 0 Å². The van der Waals surface area contributed by atoms with Crippen LogP contribution in [0, 0.1) is 0 Å². The summed E-state index contributed by atoms with van der Waals surface area (Å²) < 4.78 is 10.7. The Balaban J connectivity index is 1.69. The molecule has 1 amide bonds. The third-order valence-electron chi connectivity index (χ3n) is 4.45. The maximum absolute atomic E-state index is 12.8. The Bertz CT molecular complexity index is 1260. The van der Waals surface area contributed by atoms with Gasteiger partial charge in [0.05, 0.1) is 23.6 Å². The highest BCUT2D eigenvalue weighted by Gasteiger charge is 2.33. The van der Waals surface area contributed by atoms with Gasteiger partial charge in [-0.05, 0) is 54.3 Å². The van der Waals surface area contributed by atoms with E-state index in [1.807, 2.05) is 0 Å². The van der Waals surface area contributed by atoms with Gasteiger partial charge >= 0.3 is 0 Å². The van der Waals surface area contributed by atoms with Crippen LogP contribution in [0.2, 0.25) is 0 Å². The highest BCUT2D eigenvalue weighted by Crippen LogP contribution is 2.39. The molecule has 0 spiro atoms. The fraction of sp³-hybridized carbons (Fsp3) is 0.0500. The predicted octanol–water partition coefficient (Wildman–Crippen LogP) is 2.87. The number of hydrogen-bond acceptors (Lipinski definition) is 6. The third kappa shape index (κ3) is 3.62. The molecule has 2 aromatic carbocycles. The average Bonchev–Trinajstić information content (AvgIpc) is 2.72. The van der Waals surface area contributed by atoms with E-state index in [2.05, 4.69) is 10.2 Å². The summed E-state index contributed by atoms with van der Waals surface area (Å²) in [6.45, 7) is 0. The lowest BCUT2D eigenvalue weighted by Gasteiger charge is -2.31. The minimum Gasteiger partial charge on any atom is -0.497 e. The SMILES string of the molecule is COc1ccc(P2(=S)NC(=O)C(=Cc3coc4ccccc4c3=O)C(=S)N2)cc1. The van der Waals surface area contributed by atoms with Crippen molar-refractivity contribution in [2.75, 3.05) is 7.11 Å². The number of carbonyl (C=O) groups is 1. The van der Waals surface area contributed by atoms with Crippen molar-refractivity contribution in [1.29, 1.82) is 0 Å². The van der Waals surface area contributed by atoms with Gasteiger partial charge in [0.2, 0.25) is 0 Å². The van der Waals surface area contributed by atoms with Crippen molar-refractivity contribution in [3.05, 3.63) is 76.2 Å². The van der Waals surface area contributed by atoms with Gasteiger partial charge in [-0.25, -0.2) is 0 Å². The molecule has 1 atom stereocenters. The lowest BCUT2D eigenvalue weighted by Crippen LogP contribution is -2.44. The van der Waals surface area contributed by atoms with Gasteiger partial charge in [-0.15, -0.1) is 0 Å². The molecular weight excluding hydrogens is 427 g/mol. The van der Waals surface area contributed by atoms with Crippen molar-refractivity contribution in [2.45, 2.75) is 0 Å². The summed E-state index contributed by atoms with van der Waals surface area (Å²) in [5.41, 5.74) is 0.632. The first-order chi connectivity index (χ1) is 13.9. The predicted molar refractivity (Wildman–Crippen MR) is 121 cm³/mol. The molecule has 9 heteroatoms. The number of amides is 1. The van der Waals surface area contributed by atoms with E-state index in [0.717, 1.165) is 5.30 Å². The smallest absolute Gasteiger partial charge is 0.259 e. The van der Waals surface area contributed by atoms with Crippen LogP contribution in [0.25, 0.3) is 17.0 Å². The number of methoxy groups -OCH3 is 1. The number of ether oxygens (including phenoxy) is 1. The Hall–Kier alpha value is -2.80. The number of carbonyl (C=O) groups excluding carboxylic acids is 1. The molecule has 146 valence electrons. The van der Waals surface area contributed by atoms with Crippen molar-refractivity contribution in [3.63, 3.8) is 0 Å². The second-order valence-electron chi connectivity index (χ2n) is 6.26. The van der Waals surface area contributed by atoms with Crippen LogP contribution in [-0.4, -0.2) is 18.0 Å². The van der Waals surface area contributed by atoms with E-state index < -0.39 is 12.2 Å². The summed E-state index contributed by atoms with van der Waals surface area (Å²) in [6.07, 6.45) is 0.0906. The van der Waals surface area contributed by atoms with Gasteiger partial charge in [-0.3, -0.25) is 9.59 Å². The topological polar surface area (TPSA) is 80.6 Å². The van der Waals surface area contributed by atoms with Gasteiger partial charge in [-0.1, -0.05) is 24.4 Å². The third-order valence-corrected chi connectivity index (χ3v) is 8.19. The number of rotatable bonds is 3. The highest BCUT2D eigenvalue weighted by atomic mass is 32.4. The number of fused-ring (bicyclic) bond motifs is 1. The molecule has 1 fully saturated rings. The van der Waals surface area contributed by atoms with Crippen molar-refractivity contribution in [1.82, 2.24) is 10.2 Å². The summed E-state index contributed by atoms with van der Waals surface area (Å²) in [5, 5.41) is 7.11. The van der Waals surface area contributed by atoms with Crippen LogP contribution in [-0.2, 0) is 16.6 Å². The molecule has 0 bridgehead atoms. The average molecular weight is 442 g/mol. The molecule has 4 rings (SSSR count). The van der Waals surface area contributed by atoms with Crippen molar-refractivity contribution >= 4 is 63.6 Å². The standard InChI is InChI=1S/C20H15N2O4PS2/c1-25-13-6-8-14(9-7-13)27(29)21-19(24)16(20(28)22-27)10-12-11-26-17-5-3-2-4-15(17)18(12)23/h2-11H,1H3,(H2,21,22,24,28,29). The number of para-hydroxylation sites is 1. The minimum atomic E-state index is -2.66. The first-order valence-electron chi connectivity index (χ1n) is 8.53. The van der Waals surface area contributed by atoms with Gasteiger partial charge in [0.1, 0.15) is 22.6 Å². The number of thiocarbonyl (C=S) groups is 1. The Morgan fingerprint density at radius 1 is 1.07 bits per heavy atom. The van der Waals surface area contributed by atoms with E-state index in [4.69, 9.17) is 33.2 Å². The fourth-order valence-corrected chi connectivity index (χ4v) is 6.26. The number of nitrogens with one attached hydrogen (secondary N) is 2. The maximum atomic E-state index is 12.8. The zero-order valence-electron chi connectivity index (χ0n) is 15.2. The zero-order valence-corrected chi connectivity index (χ0v) is 17.7. The van der Waals surface area contributed by atoms with E-state index in [1.54, 1.807) is 55.6 Å². The van der Waals surface area contributed by atoms with Crippen molar-refractivity contribution in [2.24, 2.45) is 0 Å². The molecule has 0 aliphatic carbocycles. The zero-order chi connectivity index (χ0) is 20.6. The Morgan fingerprint density at radius 3 is 2.48 bits per heavy atom. The number of hydrogen-bond donors (Lipinski definition) is 2. The monoisotopic (exact) mass is 442 g/mol. The van der Waals surface area contributed by atoms with Crippen molar-refractivity contribution < 1.29 is 13.9 Å². The van der Waals surface area contributed by atoms with Crippen LogP contribution in [0.1, 0.15) is 5.56 Å². The van der Waals surface area contributed by atoms with Crippen molar-refractivity contribution in [3.8, 4) is 5.75 Å². The lowest BCUT2D eigenvalue weighted by molar-refractivity contribution is -0.115. The van der Waals surface area contributed by atoms with Crippen LogP contribution < -0.4 is 25.6 Å². The van der Waals surface area contributed by atoms with Crippen LogP contribution in [0.3, 0.4) is 0 Å². The van der Waals surface area contributed by atoms with Gasteiger partial charge in [0.15, 0.2) is 11.8 Å². The lowest BCUT2D eigenvalue weighted by atomic mass is 10.1. The van der Waals surface area contributed by atoms with Crippen LogP contribution in [0.5, 0.6) is 5.75 Å². The maximum Gasteiger partial charge on any atom is 0.259 e. The summed E-state index contributed by atoms with van der Waals surface area (Å²) >= 11 is 11.1. The Kier molecular flexibility index (Phi) is 5.08. The van der Waals surface area contributed by atoms with E-state index in [0.29, 0.717) is 16.7 Å². The van der Waals surface area contributed by atoms with Crippen LogP contribution in [0.15, 0.2) is 69.6 Å². The largest absolute Gasteiger partial charge is 0.497 e. The second kappa shape index (κ2) is 7.55. The normalized spacial score (nSPS) is 20.4. The van der Waals surface area contributed by atoms with Gasteiger partial charge in [0, 0.05) is 5.30 Å². The Morgan fingerprint density at radius 2 is 1.79 bits per heavy atom. The summed E-state index contributed by atoms with van der Waals surface area (Å²) in [6, 6.07) is 14.0. The molecule has 2 N–H and O–H groups in total. The molecule has 29 heavy (non-hydrogen) atoms. The fourth-order valence-electron chi connectivity index (χ4n) is 2.94. The molecule has 0 saturated carbocycles. The Labute approximate surface area is 176 Å². The molecule has 1 aliphatic heterocycles.